The van der Waals surface area contributed by atoms with Crippen LogP contribution in [0.25, 0.3) is 0 Å². The molecule has 1 atom stereocenters. The van der Waals surface area contributed by atoms with E-state index in [0.717, 1.165) is 11.1 Å². The van der Waals surface area contributed by atoms with Crippen LogP contribution in [-0.2, 0) is 22.2 Å². The first kappa shape index (κ1) is 12.2. The monoisotopic (exact) mass is 228 g/mol. The first-order chi connectivity index (χ1) is 6.80. The molecule has 4 heteroatoms. The molecule has 15 heavy (non-hydrogen) atoms. The van der Waals surface area contributed by atoms with Crippen LogP contribution in [0.3, 0.4) is 0 Å². The Labute approximate surface area is 92.4 Å². The highest BCUT2D eigenvalue weighted by molar-refractivity contribution is 7.78. The zero-order chi connectivity index (χ0) is 11.6. The van der Waals surface area contributed by atoms with E-state index < -0.39 is 11.1 Å². The Kier molecular flexibility index (Phi) is 3.52. The summed E-state index contributed by atoms with van der Waals surface area (Å²) in [5.41, 5.74) is 1.39. The number of phenolic OH excluding ortho intramolecular Hbond substituents is 1. The van der Waals surface area contributed by atoms with E-state index in [1.165, 1.54) is 0 Å². The smallest absolute Gasteiger partial charge is 0.157 e. The lowest BCUT2D eigenvalue weighted by Gasteiger charge is -2.21. The van der Waals surface area contributed by atoms with Crippen LogP contribution in [0.5, 0.6) is 5.75 Å². The third-order valence-corrected chi connectivity index (χ3v) is 2.74. The van der Waals surface area contributed by atoms with Gasteiger partial charge in [0, 0.05) is 0 Å². The van der Waals surface area contributed by atoms with E-state index in [1.54, 1.807) is 18.2 Å². The largest absolute Gasteiger partial charge is 0.508 e. The average molecular weight is 228 g/mol. The van der Waals surface area contributed by atoms with E-state index >= 15 is 0 Å². The fourth-order valence-electron chi connectivity index (χ4n) is 1.42. The van der Waals surface area contributed by atoms with Gasteiger partial charge in [0.05, 0.1) is 5.75 Å². The first-order valence-corrected chi connectivity index (χ1v) is 5.98. The summed E-state index contributed by atoms with van der Waals surface area (Å²) in [7, 11) is 0. The fourth-order valence-corrected chi connectivity index (χ4v) is 1.88. The van der Waals surface area contributed by atoms with Gasteiger partial charge in [0.2, 0.25) is 0 Å². The molecule has 1 aromatic carbocycles. The summed E-state index contributed by atoms with van der Waals surface area (Å²) >= 11 is -1.84. The Hall–Kier alpha value is -0.870. The van der Waals surface area contributed by atoms with Crippen molar-refractivity contribution in [3.8, 4) is 5.75 Å². The molecule has 0 aliphatic carbocycles. The Morgan fingerprint density at radius 3 is 2.40 bits per heavy atom. The molecule has 3 nitrogen and oxygen atoms in total. The van der Waals surface area contributed by atoms with Crippen molar-refractivity contribution in [2.24, 2.45) is 0 Å². The van der Waals surface area contributed by atoms with Crippen molar-refractivity contribution in [1.29, 1.82) is 0 Å². The van der Waals surface area contributed by atoms with E-state index in [1.807, 2.05) is 20.8 Å². The summed E-state index contributed by atoms with van der Waals surface area (Å²) in [6.45, 7) is 5.96. The van der Waals surface area contributed by atoms with Gasteiger partial charge in [-0.25, -0.2) is 4.21 Å². The van der Waals surface area contributed by atoms with E-state index in [9.17, 15) is 9.32 Å². The van der Waals surface area contributed by atoms with Crippen molar-refractivity contribution < 1.29 is 13.9 Å². The lowest BCUT2D eigenvalue weighted by molar-refractivity contribution is 0.446. The molecule has 0 aliphatic rings. The summed E-state index contributed by atoms with van der Waals surface area (Å²) in [5.74, 6) is 0.332. The minimum Gasteiger partial charge on any atom is -0.508 e. The van der Waals surface area contributed by atoms with Gasteiger partial charge in [-0.1, -0.05) is 32.9 Å². The van der Waals surface area contributed by atoms with Gasteiger partial charge in [-0.15, -0.1) is 0 Å². The van der Waals surface area contributed by atoms with Gasteiger partial charge in [-0.05, 0) is 22.6 Å². The molecule has 1 rings (SSSR count). The van der Waals surface area contributed by atoms with Crippen LogP contribution in [0.1, 0.15) is 31.9 Å². The lowest BCUT2D eigenvalue weighted by Crippen LogP contribution is -2.12. The lowest BCUT2D eigenvalue weighted by atomic mass is 9.85. The van der Waals surface area contributed by atoms with Crippen molar-refractivity contribution >= 4 is 11.1 Å². The van der Waals surface area contributed by atoms with E-state index in [-0.39, 0.29) is 16.9 Å². The Balaban J connectivity index is 3.11. The second-order valence-corrected chi connectivity index (χ2v) is 5.50. The standard InChI is InChI=1S/C11H16O3S/c1-11(2,3)9-6-8(7-15(13)14)4-5-10(9)12/h4-6,12H,7H2,1-3H3,(H,13,14). The average Bonchev–Trinajstić information content (AvgIpc) is 2.05. The predicted octanol–water partition coefficient (Wildman–Crippen LogP) is 2.41. The van der Waals surface area contributed by atoms with Gasteiger partial charge >= 0.3 is 0 Å². The van der Waals surface area contributed by atoms with Gasteiger partial charge in [-0.3, -0.25) is 0 Å². The van der Waals surface area contributed by atoms with Crippen LogP contribution in [0.4, 0.5) is 0 Å². The first-order valence-electron chi connectivity index (χ1n) is 4.70. The van der Waals surface area contributed by atoms with Crippen LogP contribution in [0, 0.1) is 0 Å². The van der Waals surface area contributed by atoms with Crippen molar-refractivity contribution in [3.05, 3.63) is 29.3 Å². The maximum atomic E-state index is 10.7. The van der Waals surface area contributed by atoms with Gasteiger partial charge < -0.3 is 9.66 Å². The minimum absolute atomic E-state index is 0.101. The van der Waals surface area contributed by atoms with Crippen molar-refractivity contribution in [2.45, 2.75) is 31.9 Å². The number of benzene rings is 1. The number of aromatic hydroxyl groups is 1. The highest BCUT2D eigenvalue weighted by Gasteiger charge is 2.18. The summed E-state index contributed by atoms with van der Waals surface area (Å²) in [4.78, 5) is 0. The molecule has 2 N–H and O–H groups in total. The van der Waals surface area contributed by atoms with Crippen LogP contribution >= 0.6 is 0 Å². The quantitative estimate of drug-likeness (QED) is 0.764. The van der Waals surface area contributed by atoms with Crippen molar-refractivity contribution in [2.75, 3.05) is 0 Å². The third-order valence-electron chi connectivity index (χ3n) is 2.16. The van der Waals surface area contributed by atoms with Crippen molar-refractivity contribution in [3.63, 3.8) is 0 Å². The number of rotatable bonds is 2. The maximum absolute atomic E-state index is 10.7. The minimum atomic E-state index is -1.84. The summed E-state index contributed by atoms with van der Waals surface area (Å²) in [6.07, 6.45) is 0. The SMILES string of the molecule is CC(C)(C)c1cc(CS(=O)O)ccc1O. The topological polar surface area (TPSA) is 57.5 Å². The molecule has 0 radical (unpaired) electrons. The molecule has 0 saturated heterocycles. The highest BCUT2D eigenvalue weighted by atomic mass is 32.2. The Bertz CT molecular complexity index is 380. The van der Waals surface area contributed by atoms with Crippen LogP contribution in [-0.4, -0.2) is 13.9 Å². The Morgan fingerprint density at radius 2 is 1.93 bits per heavy atom. The molecular weight excluding hydrogens is 212 g/mol. The molecule has 0 spiro atoms. The van der Waals surface area contributed by atoms with E-state index in [0.29, 0.717) is 0 Å². The second kappa shape index (κ2) is 4.33. The summed E-state index contributed by atoms with van der Waals surface area (Å²) < 4.78 is 19.4. The zero-order valence-electron chi connectivity index (χ0n) is 9.15. The molecule has 0 aliphatic heterocycles. The molecule has 84 valence electrons. The predicted molar refractivity (Wildman–Crippen MR) is 61.3 cm³/mol. The van der Waals surface area contributed by atoms with Crippen LogP contribution in [0.15, 0.2) is 18.2 Å². The van der Waals surface area contributed by atoms with E-state index in [4.69, 9.17) is 4.55 Å². The molecule has 0 heterocycles. The summed E-state index contributed by atoms with van der Waals surface area (Å²) in [5, 5.41) is 9.67. The molecule has 0 bridgehead atoms. The number of hydrogen-bond donors (Lipinski definition) is 2. The normalized spacial score (nSPS) is 13.9. The van der Waals surface area contributed by atoms with Crippen molar-refractivity contribution in [1.82, 2.24) is 0 Å². The Morgan fingerprint density at radius 1 is 1.33 bits per heavy atom. The number of phenols is 1. The highest BCUT2D eigenvalue weighted by Crippen LogP contribution is 2.31. The molecule has 0 saturated carbocycles. The molecule has 0 amide bonds. The second-order valence-electron chi connectivity index (χ2n) is 4.57. The van der Waals surface area contributed by atoms with Gasteiger partial charge in [-0.2, -0.15) is 0 Å². The van der Waals surface area contributed by atoms with Gasteiger partial charge in [0.15, 0.2) is 11.1 Å². The van der Waals surface area contributed by atoms with Gasteiger partial charge in [0.1, 0.15) is 5.75 Å². The van der Waals surface area contributed by atoms with Crippen LogP contribution in [0.2, 0.25) is 0 Å². The maximum Gasteiger partial charge on any atom is 0.157 e. The van der Waals surface area contributed by atoms with Gasteiger partial charge in [0.25, 0.3) is 0 Å². The number of hydrogen-bond acceptors (Lipinski definition) is 2. The third kappa shape index (κ3) is 3.32. The van der Waals surface area contributed by atoms with Crippen LogP contribution < -0.4 is 0 Å². The van der Waals surface area contributed by atoms with E-state index in [2.05, 4.69) is 0 Å². The molecular formula is C11H16O3S. The fraction of sp³-hybridized carbons (Fsp3) is 0.455. The molecule has 1 aromatic rings. The molecule has 1 unspecified atom stereocenters. The zero-order valence-corrected chi connectivity index (χ0v) is 9.97. The summed E-state index contributed by atoms with van der Waals surface area (Å²) in [6, 6.07) is 5.02. The molecule has 0 fully saturated rings. The molecule has 0 aromatic heterocycles.